The van der Waals surface area contributed by atoms with E-state index in [1.807, 2.05) is 0 Å². The zero-order chi connectivity index (χ0) is 14.9. The highest BCUT2D eigenvalue weighted by Crippen LogP contribution is 2.13. The maximum Gasteiger partial charge on any atom is 0.207 e. The van der Waals surface area contributed by atoms with Gasteiger partial charge < -0.3 is 4.74 Å². The molecule has 0 saturated heterocycles. The number of ether oxygens (including phenoxy) is 1. The molecular weight excluding hydrogens is 278 g/mol. The molecule has 0 bridgehead atoms. The average molecular weight is 285 g/mol. The summed E-state index contributed by atoms with van der Waals surface area (Å²) in [6.07, 6.45) is 0. The maximum absolute atomic E-state index is 13.7. The minimum absolute atomic E-state index is 0.0720. The van der Waals surface area contributed by atoms with Crippen molar-refractivity contribution in [2.75, 3.05) is 7.11 Å². The van der Waals surface area contributed by atoms with Gasteiger partial charge in [0.2, 0.25) is 7.28 Å². The number of hydrogen-bond acceptors (Lipinski definition) is 1. The van der Waals surface area contributed by atoms with Crippen molar-refractivity contribution in [2.24, 2.45) is 0 Å². The van der Waals surface area contributed by atoms with Crippen LogP contribution in [-0.2, 0) is 0 Å². The topological polar surface area (TPSA) is 9.23 Å². The molecule has 20 heavy (non-hydrogen) atoms. The predicted octanol–water partition coefficient (Wildman–Crippen LogP) is 2.05. The van der Waals surface area contributed by atoms with Crippen LogP contribution in [0.1, 0.15) is 0 Å². The molecular formula is C13H7BF5O. The fraction of sp³-hybridized carbons (Fsp3) is 0.0769. The Kier molecular flexibility index (Phi) is 3.97. The van der Waals surface area contributed by atoms with Crippen molar-refractivity contribution in [3.05, 3.63) is 53.4 Å². The lowest BCUT2D eigenvalue weighted by atomic mass is 9.63. The van der Waals surface area contributed by atoms with Gasteiger partial charge in [0, 0.05) is 24.3 Å². The Balaban J connectivity index is 2.45. The van der Waals surface area contributed by atoms with E-state index in [0.29, 0.717) is 19.4 Å². The van der Waals surface area contributed by atoms with Crippen molar-refractivity contribution < 1.29 is 26.7 Å². The van der Waals surface area contributed by atoms with E-state index in [9.17, 15) is 22.0 Å². The highest BCUT2D eigenvalue weighted by Gasteiger charge is 2.19. The third kappa shape index (κ3) is 2.76. The zero-order valence-corrected chi connectivity index (χ0v) is 10.2. The second-order valence-electron chi connectivity index (χ2n) is 3.93. The minimum atomic E-state index is -1.25. The van der Waals surface area contributed by atoms with Crippen LogP contribution < -0.4 is 15.7 Å². The summed E-state index contributed by atoms with van der Waals surface area (Å²) < 4.78 is 71.6. The van der Waals surface area contributed by atoms with Crippen molar-refractivity contribution in [3.63, 3.8) is 0 Å². The van der Waals surface area contributed by atoms with Gasteiger partial charge in [-0.3, -0.25) is 0 Å². The molecule has 0 aromatic heterocycles. The van der Waals surface area contributed by atoms with E-state index < -0.39 is 40.0 Å². The van der Waals surface area contributed by atoms with Gasteiger partial charge in [0.15, 0.2) is 0 Å². The smallest absolute Gasteiger partial charge is 0.207 e. The van der Waals surface area contributed by atoms with Gasteiger partial charge in [0.05, 0.1) is 7.11 Å². The van der Waals surface area contributed by atoms with Crippen molar-refractivity contribution in [1.82, 2.24) is 0 Å². The van der Waals surface area contributed by atoms with Gasteiger partial charge in [0.1, 0.15) is 34.8 Å². The SMILES string of the molecule is COc1cc(F)c([B]c2c(F)cc(F)cc2F)c(F)c1. The van der Waals surface area contributed by atoms with Gasteiger partial charge in [-0.15, -0.1) is 0 Å². The molecule has 103 valence electrons. The van der Waals surface area contributed by atoms with Crippen LogP contribution in [0.4, 0.5) is 22.0 Å². The summed E-state index contributed by atoms with van der Waals surface area (Å²) >= 11 is 0. The Morgan fingerprint density at radius 3 is 1.55 bits per heavy atom. The van der Waals surface area contributed by atoms with Crippen LogP contribution in [0.2, 0.25) is 0 Å². The molecule has 0 N–H and O–H groups in total. The number of rotatable bonds is 3. The summed E-state index contributed by atoms with van der Waals surface area (Å²) in [5, 5.41) is 0. The van der Waals surface area contributed by atoms with Crippen LogP contribution in [0.25, 0.3) is 0 Å². The number of halogens is 5. The molecule has 0 saturated carbocycles. The van der Waals surface area contributed by atoms with E-state index in [1.54, 1.807) is 0 Å². The molecule has 7 heteroatoms. The van der Waals surface area contributed by atoms with E-state index >= 15 is 0 Å². The normalized spacial score (nSPS) is 10.5. The molecule has 2 aromatic carbocycles. The Hall–Kier alpha value is -2.05. The summed E-state index contributed by atoms with van der Waals surface area (Å²) in [6.45, 7) is 0. The molecule has 0 fully saturated rings. The molecule has 2 rings (SSSR count). The molecule has 2 aromatic rings. The molecule has 0 spiro atoms. The van der Waals surface area contributed by atoms with E-state index in [4.69, 9.17) is 0 Å². The van der Waals surface area contributed by atoms with Crippen LogP contribution in [-0.4, -0.2) is 14.4 Å². The first-order valence-corrected chi connectivity index (χ1v) is 5.44. The van der Waals surface area contributed by atoms with E-state index in [2.05, 4.69) is 4.74 Å². The molecule has 0 aliphatic heterocycles. The number of benzene rings is 2. The molecule has 0 aliphatic carbocycles. The summed E-state index contributed by atoms with van der Waals surface area (Å²) in [7, 11) is 1.85. The molecule has 1 radical (unpaired) electrons. The molecule has 0 heterocycles. The van der Waals surface area contributed by atoms with Gasteiger partial charge in [-0.25, -0.2) is 22.0 Å². The monoisotopic (exact) mass is 285 g/mol. The highest BCUT2D eigenvalue weighted by atomic mass is 19.2. The fourth-order valence-electron chi connectivity index (χ4n) is 1.65. The van der Waals surface area contributed by atoms with Gasteiger partial charge >= 0.3 is 0 Å². The highest BCUT2D eigenvalue weighted by molar-refractivity contribution is 6.67. The summed E-state index contributed by atoms with van der Waals surface area (Å²) in [6, 6.07) is 2.59. The van der Waals surface area contributed by atoms with E-state index in [-0.39, 0.29) is 5.75 Å². The maximum atomic E-state index is 13.7. The van der Waals surface area contributed by atoms with Crippen LogP contribution in [0.15, 0.2) is 24.3 Å². The predicted molar refractivity (Wildman–Crippen MR) is 64.2 cm³/mol. The standard InChI is InChI=1S/C13H7BF5O/c1-20-7-4-10(18)13(11(19)5-7)14-12-8(16)2-6(15)3-9(12)17/h2-5H,1H3. The number of methoxy groups -OCH3 is 1. The quantitative estimate of drug-likeness (QED) is 0.619. The summed E-state index contributed by atoms with van der Waals surface area (Å²) in [5.74, 6) is -5.80. The Labute approximate surface area is 112 Å². The van der Waals surface area contributed by atoms with Crippen molar-refractivity contribution in [1.29, 1.82) is 0 Å². The first-order chi connectivity index (χ1) is 9.42. The average Bonchev–Trinajstić information content (AvgIpc) is 2.35. The molecule has 0 aliphatic rings. The largest absolute Gasteiger partial charge is 0.497 e. The van der Waals surface area contributed by atoms with Gasteiger partial charge in [-0.05, 0) is 10.9 Å². The van der Waals surface area contributed by atoms with Crippen molar-refractivity contribution >= 4 is 18.2 Å². The first kappa shape index (κ1) is 14.4. The lowest BCUT2D eigenvalue weighted by molar-refractivity contribution is 0.407. The van der Waals surface area contributed by atoms with Crippen molar-refractivity contribution in [2.45, 2.75) is 0 Å². The zero-order valence-electron chi connectivity index (χ0n) is 10.2. The van der Waals surface area contributed by atoms with Crippen molar-refractivity contribution in [3.8, 4) is 5.75 Å². The number of hydrogen-bond donors (Lipinski definition) is 0. The lowest BCUT2D eigenvalue weighted by Gasteiger charge is -2.08. The Bertz CT molecular complexity index is 613. The Morgan fingerprint density at radius 2 is 1.15 bits per heavy atom. The van der Waals surface area contributed by atoms with Gasteiger partial charge in [-0.1, -0.05) is 0 Å². The lowest BCUT2D eigenvalue weighted by Crippen LogP contribution is -2.36. The second kappa shape index (κ2) is 5.52. The minimum Gasteiger partial charge on any atom is -0.497 e. The summed E-state index contributed by atoms with van der Waals surface area (Å²) in [5.41, 5.74) is -1.37. The molecule has 1 nitrogen and oxygen atoms in total. The second-order valence-corrected chi connectivity index (χ2v) is 3.93. The van der Waals surface area contributed by atoms with Gasteiger partial charge in [0.25, 0.3) is 0 Å². The Morgan fingerprint density at radius 1 is 0.750 bits per heavy atom. The van der Waals surface area contributed by atoms with Crippen LogP contribution >= 0.6 is 0 Å². The molecule has 0 amide bonds. The van der Waals surface area contributed by atoms with Crippen LogP contribution in [0.5, 0.6) is 5.75 Å². The van der Waals surface area contributed by atoms with E-state index in [1.165, 1.54) is 7.11 Å². The first-order valence-electron chi connectivity index (χ1n) is 5.44. The van der Waals surface area contributed by atoms with E-state index in [0.717, 1.165) is 12.1 Å². The molecule has 0 unspecified atom stereocenters. The molecule has 0 atom stereocenters. The third-order valence-corrected chi connectivity index (χ3v) is 2.62. The third-order valence-electron chi connectivity index (χ3n) is 2.62. The fourth-order valence-corrected chi connectivity index (χ4v) is 1.65. The summed E-state index contributed by atoms with van der Waals surface area (Å²) in [4.78, 5) is 0. The van der Waals surface area contributed by atoms with Crippen LogP contribution in [0, 0.1) is 29.1 Å². The van der Waals surface area contributed by atoms with Crippen LogP contribution in [0.3, 0.4) is 0 Å². The van der Waals surface area contributed by atoms with Gasteiger partial charge in [-0.2, -0.15) is 0 Å².